The first kappa shape index (κ1) is 37.0. The number of hydrogen-bond donors (Lipinski definition) is 0. The molecule has 0 saturated heterocycles. The van der Waals surface area contributed by atoms with Gasteiger partial charge in [0.2, 0.25) is 0 Å². The monoisotopic (exact) mass is 762 g/mol. The summed E-state index contributed by atoms with van der Waals surface area (Å²) in [5.41, 5.74) is 12.1. The lowest BCUT2D eigenvalue weighted by atomic mass is 9.94. The molecule has 0 aromatic heterocycles. The van der Waals surface area contributed by atoms with Gasteiger partial charge in [-0.05, 0) is 139 Å². The molecule has 0 amide bonds. The van der Waals surface area contributed by atoms with Gasteiger partial charge in [0.05, 0.1) is 6.04 Å². The van der Waals surface area contributed by atoms with Crippen LogP contribution in [0.5, 0.6) is 0 Å². The average Bonchev–Trinajstić information content (AvgIpc) is 3.31. The lowest BCUT2D eigenvalue weighted by Gasteiger charge is -2.36. The number of hydrogen-bond acceptors (Lipinski definition) is 4. The van der Waals surface area contributed by atoms with Crippen LogP contribution in [0.15, 0.2) is 249 Å². The third-order valence-electron chi connectivity index (χ3n) is 10.9. The standard InChI is InChI=1S/C55H46N4/c1-43-19-17-18-30-55(43)59(48-28-15-6-16-29-48)54-41-39-53(40-42-54)58(51-35-31-49(32-36-51)56(44-20-7-2-8-21-44)45-22-9-3-10-23-45)52-37-33-50(34-38-52)57(46-24-11-4-12-25-46)47-26-13-5-14-27-47/h2-43,55H,1H3/t43-,55?/m0/s1. The van der Waals surface area contributed by atoms with Crippen LogP contribution >= 0.6 is 0 Å². The van der Waals surface area contributed by atoms with Crippen molar-refractivity contribution in [2.75, 3.05) is 19.6 Å². The van der Waals surface area contributed by atoms with Crippen LogP contribution in [0.4, 0.5) is 62.6 Å². The van der Waals surface area contributed by atoms with E-state index in [9.17, 15) is 0 Å². The van der Waals surface area contributed by atoms with Crippen molar-refractivity contribution in [2.45, 2.75) is 13.0 Å². The minimum Gasteiger partial charge on any atom is -0.334 e. The van der Waals surface area contributed by atoms with Gasteiger partial charge in [0.25, 0.3) is 0 Å². The first-order chi connectivity index (χ1) is 29.2. The molecule has 0 fully saturated rings. The molecule has 0 radical (unpaired) electrons. The zero-order valence-corrected chi connectivity index (χ0v) is 33.1. The molecule has 4 heteroatoms. The molecule has 1 aliphatic carbocycles. The highest BCUT2D eigenvalue weighted by Crippen LogP contribution is 2.42. The van der Waals surface area contributed by atoms with Crippen LogP contribution in [0, 0.1) is 5.92 Å². The highest BCUT2D eigenvalue weighted by atomic mass is 15.2. The summed E-state index contributed by atoms with van der Waals surface area (Å²) in [4.78, 5) is 9.40. The topological polar surface area (TPSA) is 13.0 Å². The fourth-order valence-electron chi connectivity index (χ4n) is 8.02. The molecular formula is C55H46N4. The maximum Gasteiger partial charge on any atom is 0.0585 e. The molecule has 0 bridgehead atoms. The second-order valence-electron chi connectivity index (χ2n) is 14.7. The van der Waals surface area contributed by atoms with Crippen LogP contribution in [-0.4, -0.2) is 6.04 Å². The van der Waals surface area contributed by atoms with Gasteiger partial charge in [0, 0.05) is 62.6 Å². The number of allylic oxidation sites excluding steroid dienone is 2. The van der Waals surface area contributed by atoms with E-state index in [0.717, 1.165) is 56.9 Å². The van der Waals surface area contributed by atoms with Crippen molar-refractivity contribution in [1.82, 2.24) is 0 Å². The summed E-state index contributed by atoms with van der Waals surface area (Å²) in [6.45, 7) is 2.29. The van der Waals surface area contributed by atoms with Gasteiger partial charge >= 0.3 is 0 Å². The van der Waals surface area contributed by atoms with Crippen LogP contribution in [0.3, 0.4) is 0 Å². The zero-order chi connectivity index (χ0) is 39.8. The Balaban J connectivity index is 1.12. The molecule has 286 valence electrons. The molecule has 8 aromatic rings. The number of anilines is 11. The Labute approximate surface area is 348 Å². The SMILES string of the molecule is C[C@H]1C=CC=CC1N(c1ccccc1)c1ccc(N(c2ccc(N(c3ccccc3)c3ccccc3)cc2)c2ccc(N(c3ccccc3)c3ccccc3)cc2)cc1. The largest absolute Gasteiger partial charge is 0.334 e. The van der Waals surface area contributed by atoms with Crippen LogP contribution in [0.25, 0.3) is 0 Å². The summed E-state index contributed by atoms with van der Waals surface area (Å²) in [6.07, 6.45) is 8.91. The second-order valence-corrected chi connectivity index (χ2v) is 14.7. The van der Waals surface area contributed by atoms with Crippen LogP contribution in [0.1, 0.15) is 6.92 Å². The van der Waals surface area contributed by atoms with E-state index in [1.807, 2.05) is 0 Å². The van der Waals surface area contributed by atoms with Gasteiger partial charge in [-0.2, -0.15) is 0 Å². The van der Waals surface area contributed by atoms with Gasteiger partial charge < -0.3 is 19.6 Å². The fraction of sp³-hybridized carbons (Fsp3) is 0.0545. The van der Waals surface area contributed by atoms with Crippen molar-refractivity contribution in [3.8, 4) is 0 Å². The molecule has 2 atom stereocenters. The Morgan fingerprint density at radius 3 is 0.763 bits per heavy atom. The van der Waals surface area contributed by atoms with Crippen molar-refractivity contribution >= 4 is 62.6 Å². The third-order valence-corrected chi connectivity index (χ3v) is 10.9. The molecule has 0 spiro atoms. The van der Waals surface area contributed by atoms with Crippen LogP contribution in [-0.2, 0) is 0 Å². The number of para-hydroxylation sites is 5. The van der Waals surface area contributed by atoms with Gasteiger partial charge in [-0.1, -0.05) is 122 Å². The molecule has 0 aliphatic heterocycles. The second kappa shape index (κ2) is 17.3. The molecule has 0 heterocycles. The molecule has 1 aliphatic rings. The zero-order valence-electron chi connectivity index (χ0n) is 33.1. The Hall–Kier alpha value is -7.56. The Morgan fingerprint density at radius 1 is 0.254 bits per heavy atom. The van der Waals surface area contributed by atoms with Gasteiger partial charge in [0.1, 0.15) is 0 Å². The quantitative estimate of drug-likeness (QED) is 0.123. The Bertz CT molecular complexity index is 2390. The molecule has 1 unspecified atom stereocenters. The normalized spacial score (nSPS) is 14.4. The number of benzene rings is 8. The van der Waals surface area contributed by atoms with E-state index in [4.69, 9.17) is 0 Å². The van der Waals surface area contributed by atoms with Crippen molar-refractivity contribution in [1.29, 1.82) is 0 Å². The first-order valence-electron chi connectivity index (χ1n) is 20.3. The molecule has 4 nitrogen and oxygen atoms in total. The van der Waals surface area contributed by atoms with Gasteiger partial charge in [-0.3, -0.25) is 0 Å². The van der Waals surface area contributed by atoms with Crippen molar-refractivity contribution in [2.24, 2.45) is 5.92 Å². The highest BCUT2D eigenvalue weighted by molar-refractivity contribution is 5.84. The minimum atomic E-state index is 0.193. The summed E-state index contributed by atoms with van der Waals surface area (Å²) in [7, 11) is 0. The first-order valence-corrected chi connectivity index (χ1v) is 20.3. The molecule has 8 aromatic carbocycles. The Kier molecular flexibility index (Phi) is 10.9. The summed E-state index contributed by atoms with van der Waals surface area (Å²) in [5.74, 6) is 0.353. The summed E-state index contributed by atoms with van der Waals surface area (Å²) >= 11 is 0. The minimum absolute atomic E-state index is 0.193. The molecule has 9 rings (SSSR count). The lowest BCUT2D eigenvalue weighted by molar-refractivity contribution is 0.609. The maximum absolute atomic E-state index is 2.45. The predicted molar refractivity (Wildman–Crippen MR) is 250 cm³/mol. The van der Waals surface area contributed by atoms with Crippen molar-refractivity contribution < 1.29 is 0 Å². The number of rotatable bonds is 12. The average molecular weight is 763 g/mol. The molecular weight excluding hydrogens is 717 g/mol. The fourth-order valence-corrected chi connectivity index (χ4v) is 8.02. The van der Waals surface area contributed by atoms with E-state index in [2.05, 4.69) is 275 Å². The maximum atomic E-state index is 2.45. The van der Waals surface area contributed by atoms with Crippen molar-refractivity contribution in [3.63, 3.8) is 0 Å². The van der Waals surface area contributed by atoms with Gasteiger partial charge in [-0.25, -0.2) is 0 Å². The van der Waals surface area contributed by atoms with Gasteiger partial charge in [-0.15, -0.1) is 0 Å². The summed E-state index contributed by atoms with van der Waals surface area (Å²) < 4.78 is 0. The van der Waals surface area contributed by atoms with E-state index in [1.54, 1.807) is 0 Å². The van der Waals surface area contributed by atoms with Crippen molar-refractivity contribution in [3.05, 3.63) is 249 Å². The van der Waals surface area contributed by atoms with E-state index >= 15 is 0 Å². The number of nitrogens with zero attached hydrogens (tertiary/aromatic N) is 4. The van der Waals surface area contributed by atoms with Crippen LogP contribution < -0.4 is 19.6 Å². The molecule has 0 N–H and O–H groups in total. The summed E-state index contributed by atoms with van der Waals surface area (Å²) in [5, 5.41) is 0. The van der Waals surface area contributed by atoms with E-state index in [1.165, 1.54) is 5.69 Å². The molecule has 0 saturated carbocycles. The molecule has 59 heavy (non-hydrogen) atoms. The third kappa shape index (κ3) is 8.03. The van der Waals surface area contributed by atoms with Crippen LogP contribution in [0.2, 0.25) is 0 Å². The van der Waals surface area contributed by atoms with E-state index in [0.29, 0.717) is 5.92 Å². The van der Waals surface area contributed by atoms with Gasteiger partial charge in [0.15, 0.2) is 0 Å². The van der Waals surface area contributed by atoms with E-state index < -0.39 is 0 Å². The smallest absolute Gasteiger partial charge is 0.0585 e. The van der Waals surface area contributed by atoms with E-state index in [-0.39, 0.29) is 6.04 Å². The Morgan fingerprint density at radius 2 is 0.475 bits per heavy atom. The highest BCUT2D eigenvalue weighted by Gasteiger charge is 2.25. The lowest BCUT2D eigenvalue weighted by Crippen LogP contribution is -2.35. The summed E-state index contributed by atoms with van der Waals surface area (Å²) in [6, 6.07) is 79.9. The predicted octanol–water partition coefficient (Wildman–Crippen LogP) is 15.4.